The molecule has 132 valence electrons. The molecule has 1 fully saturated rings. The summed E-state index contributed by atoms with van der Waals surface area (Å²) in [6.45, 7) is 4.17. The van der Waals surface area contributed by atoms with Gasteiger partial charge in [0.25, 0.3) is 5.91 Å². The van der Waals surface area contributed by atoms with Gasteiger partial charge in [-0.05, 0) is 19.3 Å². The van der Waals surface area contributed by atoms with Crippen molar-refractivity contribution in [3.05, 3.63) is 42.1 Å². The van der Waals surface area contributed by atoms with E-state index in [9.17, 15) is 4.79 Å². The molecule has 0 spiro atoms. The Bertz CT molecular complexity index is 700. The Morgan fingerprint density at radius 3 is 2.84 bits per heavy atom. The molecule has 0 radical (unpaired) electrons. The molecule has 2 heterocycles. The molecule has 2 N–H and O–H groups in total. The van der Waals surface area contributed by atoms with Crippen LogP contribution in [-0.4, -0.2) is 41.7 Å². The second-order valence-corrected chi connectivity index (χ2v) is 6.10. The van der Waals surface area contributed by atoms with Crippen molar-refractivity contribution in [2.24, 2.45) is 0 Å². The van der Waals surface area contributed by atoms with Crippen molar-refractivity contribution in [2.45, 2.75) is 32.3 Å². The number of hydrogen-bond acceptors (Lipinski definition) is 5. The van der Waals surface area contributed by atoms with E-state index in [1.165, 1.54) is 0 Å². The second kappa shape index (κ2) is 8.58. The predicted octanol–water partition coefficient (Wildman–Crippen LogP) is 2.87. The summed E-state index contributed by atoms with van der Waals surface area (Å²) in [6, 6.07) is 11.4. The van der Waals surface area contributed by atoms with E-state index in [0.717, 1.165) is 38.0 Å². The van der Waals surface area contributed by atoms with Gasteiger partial charge in [0.05, 0.1) is 6.10 Å². The average Bonchev–Trinajstić information content (AvgIpc) is 3.18. The Hall–Kier alpha value is -2.47. The lowest BCUT2D eigenvalue weighted by molar-refractivity contribution is 0.0853. The quantitative estimate of drug-likeness (QED) is 0.810. The molecule has 25 heavy (non-hydrogen) atoms. The largest absolute Gasteiger partial charge is 0.376 e. The smallest absolute Gasteiger partial charge is 0.270 e. The lowest BCUT2D eigenvalue weighted by Gasteiger charge is -2.12. The first-order valence-corrected chi connectivity index (χ1v) is 8.84. The van der Waals surface area contributed by atoms with Gasteiger partial charge in [0.15, 0.2) is 5.82 Å². The standard InChI is InChI=1S/C19H24N4O2/c1-2-10-20-17-12-16(19(24)21-13-15-9-6-11-25-15)22-18(23-17)14-7-4-3-5-8-14/h3-5,7-8,12,15H,2,6,9-11,13H2,1H3,(H,21,24)(H,20,22,23). The van der Waals surface area contributed by atoms with Gasteiger partial charge in [-0.2, -0.15) is 0 Å². The Labute approximate surface area is 148 Å². The first-order valence-electron chi connectivity index (χ1n) is 8.84. The van der Waals surface area contributed by atoms with Crippen LogP contribution < -0.4 is 10.6 Å². The van der Waals surface area contributed by atoms with Crippen LogP contribution in [0.4, 0.5) is 5.82 Å². The summed E-state index contributed by atoms with van der Waals surface area (Å²) in [5, 5.41) is 6.16. The van der Waals surface area contributed by atoms with Gasteiger partial charge < -0.3 is 15.4 Å². The van der Waals surface area contributed by atoms with E-state index in [4.69, 9.17) is 4.74 Å². The number of carbonyl (C=O) groups is 1. The first kappa shape index (κ1) is 17.4. The van der Waals surface area contributed by atoms with Crippen LogP contribution in [0.2, 0.25) is 0 Å². The molecule has 1 amide bonds. The van der Waals surface area contributed by atoms with Crippen molar-refractivity contribution < 1.29 is 9.53 Å². The number of nitrogens with zero attached hydrogens (tertiary/aromatic N) is 2. The zero-order chi connectivity index (χ0) is 17.5. The molecule has 0 saturated carbocycles. The van der Waals surface area contributed by atoms with Gasteiger partial charge in [0.1, 0.15) is 11.5 Å². The third kappa shape index (κ3) is 4.76. The molecule has 1 aromatic carbocycles. The Morgan fingerprint density at radius 2 is 2.12 bits per heavy atom. The van der Waals surface area contributed by atoms with Gasteiger partial charge in [0.2, 0.25) is 0 Å². The minimum absolute atomic E-state index is 0.108. The zero-order valence-electron chi connectivity index (χ0n) is 14.5. The lowest BCUT2D eigenvalue weighted by atomic mass is 10.2. The van der Waals surface area contributed by atoms with Crippen molar-refractivity contribution in [3.8, 4) is 11.4 Å². The number of hydrogen-bond donors (Lipinski definition) is 2. The maximum absolute atomic E-state index is 12.5. The molecule has 0 aliphatic carbocycles. The molecule has 0 bridgehead atoms. The molecule has 6 heteroatoms. The molecule has 1 saturated heterocycles. The summed E-state index contributed by atoms with van der Waals surface area (Å²) in [5.41, 5.74) is 1.25. The summed E-state index contributed by atoms with van der Waals surface area (Å²) in [6.07, 6.45) is 3.13. The zero-order valence-corrected chi connectivity index (χ0v) is 14.5. The van der Waals surface area contributed by atoms with Crippen LogP contribution in [0.5, 0.6) is 0 Å². The molecule has 1 aromatic heterocycles. The molecule has 6 nitrogen and oxygen atoms in total. The number of nitrogens with one attached hydrogen (secondary N) is 2. The van der Waals surface area contributed by atoms with E-state index in [0.29, 0.717) is 23.9 Å². The molecule has 1 aliphatic rings. The van der Waals surface area contributed by atoms with E-state index >= 15 is 0 Å². The van der Waals surface area contributed by atoms with Gasteiger partial charge >= 0.3 is 0 Å². The van der Waals surface area contributed by atoms with E-state index in [1.807, 2.05) is 30.3 Å². The lowest BCUT2D eigenvalue weighted by Crippen LogP contribution is -2.32. The van der Waals surface area contributed by atoms with Gasteiger partial charge in [-0.25, -0.2) is 9.97 Å². The number of anilines is 1. The third-order valence-electron chi connectivity index (χ3n) is 4.06. The monoisotopic (exact) mass is 340 g/mol. The van der Waals surface area contributed by atoms with Gasteiger partial charge in [-0.1, -0.05) is 37.3 Å². The van der Waals surface area contributed by atoms with Crippen LogP contribution in [-0.2, 0) is 4.74 Å². The summed E-state index contributed by atoms with van der Waals surface area (Å²) in [4.78, 5) is 21.5. The van der Waals surface area contributed by atoms with Crippen molar-refractivity contribution in [1.82, 2.24) is 15.3 Å². The molecule has 3 rings (SSSR count). The predicted molar refractivity (Wildman–Crippen MR) is 97.6 cm³/mol. The minimum atomic E-state index is -0.199. The number of ether oxygens (including phenoxy) is 1. The fourth-order valence-electron chi connectivity index (χ4n) is 2.73. The number of aromatic nitrogens is 2. The summed E-state index contributed by atoms with van der Waals surface area (Å²) < 4.78 is 5.55. The Balaban J connectivity index is 1.79. The number of amides is 1. The highest BCUT2D eigenvalue weighted by Crippen LogP contribution is 2.18. The third-order valence-corrected chi connectivity index (χ3v) is 4.06. The first-order chi connectivity index (χ1) is 12.3. The maximum Gasteiger partial charge on any atom is 0.270 e. The summed E-state index contributed by atoms with van der Waals surface area (Å²) in [7, 11) is 0. The SMILES string of the molecule is CCCNc1cc(C(=O)NCC2CCCO2)nc(-c2ccccc2)n1. The minimum Gasteiger partial charge on any atom is -0.376 e. The van der Waals surface area contributed by atoms with Crippen LogP contribution in [0.15, 0.2) is 36.4 Å². The maximum atomic E-state index is 12.5. The molecule has 2 aromatic rings. The Kier molecular flexibility index (Phi) is 5.95. The topological polar surface area (TPSA) is 76.1 Å². The van der Waals surface area contributed by atoms with E-state index in [2.05, 4.69) is 27.5 Å². The van der Waals surface area contributed by atoms with Crippen LogP contribution in [0, 0.1) is 0 Å². The average molecular weight is 340 g/mol. The highest BCUT2D eigenvalue weighted by Gasteiger charge is 2.18. The van der Waals surface area contributed by atoms with Gasteiger partial charge in [-0.3, -0.25) is 4.79 Å². The number of rotatable bonds is 7. The van der Waals surface area contributed by atoms with Crippen molar-refractivity contribution >= 4 is 11.7 Å². The van der Waals surface area contributed by atoms with Gasteiger partial charge in [-0.15, -0.1) is 0 Å². The van der Waals surface area contributed by atoms with Crippen LogP contribution in [0.3, 0.4) is 0 Å². The highest BCUT2D eigenvalue weighted by molar-refractivity contribution is 5.93. The summed E-state index contributed by atoms with van der Waals surface area (Å²) in [5.74, 6) is 1.01. The molecular formula is C19H24N4O2. The van der Waals surface area contributed by atoms with E-state index < -0.39 is 0 Å². The van der Waals surface area contributed by atoms with Crippen molar-refractivity contribution in [1.29, 1.82) is 0 Å². The van der Waals surface area contributed by atoms with Crippen LogP contribution in [0.1, 0.15) is 36.7 Å². The second-order valence-electron chi connectivity index (χ2n) is 6.10. The normalized spacial score (nSPS) is 16.6. The van der Waals surface area contributed by atoms with E-state index in [-0.39, 0.29) is 12.0 Å². The number of carbonyl (C=O) groups excluding carboxylic acids is 1. The summed E-state index contributed by atoms with van der Waals surface area (Å²) >= 11 is 0. The molecule has 1 atom stereocenters. The van der Waals surface area contributed by atoms with Crippen molar-refractivity contribution in [3.63, 3.8) is 0 Å². The molecule has 1 unspecified atom stereocenters. The van der Waals surface area contributed by atoms with Gasteiger partial charge in [0, 0.05) is 31.3 Å². The van der Waals surface area contributed by atoms with Crippen LogP contribution >= 0.6 is 0 Å². The fraction of sp³-hybridized carbons (Fsp3) is 0.421. The van der Waals surface area contributed by atoms with E-state index in [1.54, 1.807) is 6.07 Å². The Morgan fingerprint density at radius 1 is 1.28 bits per heavy atom. The highest BCUT2D eigenvalue weighted by atomic mass is 16.5. The van der Waals surface area contributed by atoms with Crippen LogP contribution in [0.25, 0.3) is 11.4 Å². The molecule has 1 aliphatic heterocycles. The molecular weight excluding hydrogens is 316 g/mol. The number of benzene rings is 1. The van der Waals surface area contributed by atoms with Crippen molar-refractivity contribution in [2.75, 3.05) is 25.0 Å². The fourth-order valence-corrected chi connectivity index (χ4v) is 2.73.